The van der Waals surface area contributed by atoms with Gasteiger partial charge in [-0.25, -0.2) is 9.59 Å². The van der Waals surface area contributed by atoms with Crippen molar-refractivity contribution in [3.8, 4) is 0 Å². The van der Waals surface area contributed by atoms with E-state index in [0.29, 0.717) is 0 Å². The quantitative estimate of drug-likeness (QED) is 0.631. The van der Waals surface area contributed by atoms with Gasteiger partial charge in [0.1, 0.15) is 0 Å². The third kappa shape index (κ3) is 4.36. The molecule has 3 rings (SSSR count). The lowest BCUT2D eigenvalue weighted by Crippen LogP contribution is -2.40. The molecule has 1 heterocycles. The fraction of sp³-hybridized carbons (Fsp3) is 0.333. The molecule has 0 saturated heterocycles. The Hall–Kier alpha value is -3.22. The lowest BCUT2D eigenvalue weighted by atomic mass is 9.93. The molecular formula is C21H23N2O5+. The standard InChI is InChI=1S/C21H22N2O5/c1-27-20(25)15-7-8-17(21(26)28-2)18(11-15)22-19(24)13-23-10-9-14-5-3-4-6-16(14)12-23/h7-12H,3-6,13H2,1-2H3/p+1. The molecule has 1 aromatic heterocycles. The van der Waals surface area contributed by atoms with Crippen molar-refractivity contribution in [2.75, 3.05) is 19.5 Å². The van der Waals surface area contributed by atoms with Gasteiger partial charge >= 0.3 is 11.9 Å². The SMILES string of the molecule is COC(=O)c1ccc(C(=O)OC)c(NC(=O)C[n+]2ccc3c(c2)CCCC3)c1. The first kappa shape index (κ1) is 19.5. The molecule has 2 aromatic rings. The van der Waals surface area contributed by atoms with E-state index in [1.54, 1.807) is 0 Å². The number of hydrogen-bond acceptors (Lipinski definition) is 5. The number of nitrogens with one attached hydrogen (secondary N) is 1. The Morgan fingerprint density at radius 3 is 2.43 bits per heavy atom. The Bertz CT molecular complexity index is 923. The minimum absolute atomic E-state index is 0.0936. The van der Waals surface area contributed by atoms with Gasteiger partial charge in [-0.15, -0.1) is 0 Å². The highest BCUT2D eigenvalue weighted by molar-refractivity contribution is 6.03. The summed E-state index contributed by atoms with van der Waals surface area (Å²) in [6.45, 7) is 0.0936. The molecule has 0 spiro atoms. The van der Waals surface area contributed by atoms with Gasteiger partial charge in [0.25, 0.3) is 5.91 Å². The summed E-state index contributed by atoms with van der Waals surface area (Å²) in [6, 6.07) is 6.35. The molecule has 0 bridgehead atoms. The lowest BCUT2D eigenvalue weighted by Gasteiger charge is -2.13. The number of aromatic nitrogens is 1. The Morgan fingerprint density at radius 1 is 1.00 bits per heavy atom. The van der Waals surface area contributed by atoms with E-state index in [9.17, 15) is 14.4 Å². The van der Waals surface area contributed by atoms with E-state index in [0.717, 1.165) is 19.3 Å². The molecule has 0 unspecified atom stereocenters. The van der Waals surface area contributed by atoms with Crippen LogP contribution in [0.3, 0.4) is 0 Å². The molecule has 1 amide bonds. The van der Waals surface area contributed by atoms with E-state index in [1.807, 2.05) is 17.0 Å². The van der Waals surface area contributed by atoms with Crippen LogP contribution in [-0.4, -0.2) is 32.1 Å². The number of carbonyl (C=O) groups excluding carboxylic acids is 3. The third-order valence-corrected chi connectivity index (χ3v) is 4.79. The van der Waals surface area contributed by atoms with Crippen LogP contribution in [0.25, 0.3) is 0 Å². The number of ether oxygens (including phenoxy) is 2. The number of amides is 1. The van der Waals surface area contributed by atoms with E-state index < -0.39 is 11.9 Å². The lowest BCUT2D eigenvalue weighted by molar-refractivity contribution is -0.684. The zero-order chi connectivity index (χ0) is 20.1. The van der Waals surface area contributed by atoms with Crippen molar-refractivity contribution in [2.24, 2.45) is 0 Å². The van der Waals surface area contributed by atoms with Gasteiger partial charge in [0, 0.05) is 11.6 Å². The summed E-state index contributed by atoms with van der Waals surface area (Å²) < 4.78 is 11.3. The van der Waals surface area contributed by atoms with Crippen LogP contribution in [-0.2, 0) is 33.7 Å². The van der Waals surface area contributed by atoms with E-state index in [4.69, 9.17) is 9.47 Å². The van der Waals surface area contributed by atoms with Gasteiger partial charge in [0.05, 0.1) is 31.0 Å². The Balaban J connectivity index is 1.80. The van der Waals surface area contributed by atoms with Crippen molar-refractivity contribution < 1.29 is 28.4 Å². The van der Waals surface area contributed by atoms with E-state index >= 15 is 0 Å². The van der Waals surface area contributed by atoms with Crippen LogP contribution in [0.2, 0.25) is 0 Å². The number of nitrogens with zero attached hydrogens (tertiary/aromatic N) is 1. The van der Waals surface area contributed by atoms with Crippen molar-refractivity contribution in [3.05, 3.63) is 58.9 Å². The predicted molar refractivity (Wildman–Crippen MR) is 101 cm³/mol. The molecule has 0 fully saturated rings. The summed E-state index contributed by atoms with van der Waals surface area (Å²) in [6.07, 6.45) is 8.34. The molecule has 28 heavy (non-hydrogen) atoms. The largest absolute Gasteiger partial charge is 0.465 e. The molecule has 7 nitrogen and oxygen atoms in total. The van der Waals surface area contributed by atoms with E-state index in [2.05, 4.69) is 11.4 Å². The second-order valence-corrected chi connectivity index (χ2v) is 6.67. The number of benzene rings is 1. The van der Waals surface area contributed by atoms with Gasteiger partial charge in [-0.05, 0) is 49.4 Å². The van der Waals surface area contributed by atoms with Crippen LogP contribution >= 0.6 is 0 Å². The van der Waals surface area contributed by atoms with Gasteiger partial charge in [0.2, 0.25) is 6.54 Å². The van der Waals surface area contributed by atoms with Gasteiger partial charge in [-0.3, -0.25) is 4.79 Å². The number of aryl methyl sites for hydroxylation is 2. The highest BCUT2D eigenvalue weighted by atomic mass is 16.5. The molecule has 0 aliphatic heterocycles. The number of esters is 2. The Labute approximate surface area is 163 Å². The monoisotopic (exact) mass is 383 g/mol. The maximum atomic E-state index is 12.6. The van der Waals surface area contributed by atoms with Gasteiger partial charge in [0.15, 0.2) is 12.4 Å². The maximum Gasteiger partial charge on any atom is 0.339 e. The fourth-order valence-electron chi connectivity index (χ4n) is 3.35. The van der Waals surface area contributed by atoms with Crippen molar-refractivity contribution in [2.45, 2.75) is 32.2 Å². The first-order chi connectivity index (χ1) is 13.5. The third-order valence-electron chi connectivity index (χ3n) is 4.79. The van der Waals surface area contributed by atoms with Crippen LogP contribution in [0.15, 0.2) is 36.7 Å². The average Bonchev–Trinajstić information content (AvgIpc) is 2.72. The van der Waals surface area contributed by atoms with Crippen LogP contribution in [0.4, 0.5) is 5.69 Å². The maximum absolute atomic E-state index is 12.6. The first-order valence-corrected chi connectivity index (χ1v) is 9.13. The van der Waals surface area contributed by atoms with E-state index in [1.165, 1.54) is 50.0 Å². The summed E-state index contributed by atoms with van der Waals surface area (Å²) in [7, 11) is 2.52. The number of carbonyl (C=O) groups is 3. The zero-order valence-corrected chi connectivity index (χ0v) is 16.0. The molecule has 1 aliphatic carbocycles. The van der Waals surface area contributed by atoms with Gasteiger partial charge in [-0.1, -0.05) is 0 Å². The molecule has 1 aromatic carbocycles. The number of anilines is 1. The highest BCUT2D eigenvalue weighted by Crippen LogP contribution is 2.20. The van der Waals surface area contributed by atoms with Crippen LogP contribution in [0.5, 0.6) is 0 Å². The Kier molecular flexibility index (Phi) is 6.03. The topological polar surface area (TPSA) is 85.6 Å². The molecule has 0 saturated carbocycles. The normalized spacial score (nSPS) is 12.6. The molecule has 7 heteroatoms. The first-order valence-electron chi connectivity index (χ1n) is 9.13. The minimum Gasteiger partial charge on any atom is -0.465 e. The fourth-order valence-corrected chi connectivity index (χ4v) is 3.35. The van der Waals surface area contributed by atoms with Gasteiger partial charge in [-0.2, -0.15) is 4.57 Å². The molecule has 1 aliphatic rings. The van der Waals surface area contributed by atoms with E-state index in [-0.39, 0.29) is 29.3 Å². The van der Waals surface area contributed by atoms with Crippen LogP contribution in [0.1, 0.15) is 44.7 Å². The number of methoxy groups -OCH3 is 2. The Morgan fingerprint density at radius 2 is 1.71 bits per heavy atom. The van der Waals surface area contributed by atoms with Crippen molar-refractivity contribution in [3.63, 3.8) is 0 Å². The number of hydrogen-bond donors (Lipinski definition) is 1. The molecule has 146 valence electrons. The number of rotatable bonds is 5. The molecular weight excluding hydrogens is 360 g/mol. The van der Waals surface area contributed by atoms with Crippen molar-refractivity contribution >= 4 is 23.5 Å². The molecule has 0 radical (unpaired) electrons. The number of fused-ring (bicyclic) bond motifs is 1. The van der Waals surface area contributed by atoms with Crippen LogP contribution < -0.4 is 9.88 Å². The number of pyridine rings is 1. The summed E-state index contributed by atoms with van der Waals surface area (Å²) >= 11 is 0. The van der Waals surface area contributed by atoms with Crippen molar-refractivity contribution in [1.82, 2.24) is 0 Å². The summed E-state index contributed by atoms with van der Waals surface area (Å²) in [5.74, 6) is -1.47. The summed E-state index contributed by atoms with van der Waals surface area (Å²) in [4.78, 5) is 36.3. The second kappa shape index (κ2) is 8.65. The average molecular weight is 383 g/mol. The molecule has 0 atom stereocenters. The summed E-state index contributed by atoms with van der Waals surface area (Å²) in [5.41, 5.74) is 3.20. The molecule has 1 N–H and O–H groups in total. The second-order valence-electron chi connectivity index (χ2n) is 6.67. The minimum atomic E-state index is -0.604. The van der Waals surface area contributed by atoms with Gasteiger partial charge < -0.3 is 14.8 Å². The predicted octanol–water partition coefficient (Wildman–Crippen LogP) is 2.06. The highest BCUT2D eigenvalue weighted by Gasteiger charge is 2.20. The van der Waals surface area contributed by atoms with Crippen molar-refractivity contribution in [1.29, 1.82) is 0 Å². The smallest absolute Gasteiger partial charge is 0.339 e. The summed E-state index contributed by atoms with van der Waals surface area (Å²) in [5, 5.41) is 2.71. The zero-order valence-electron chi connectivity index (χ0n) is 16.0. The van der Waals surface area contributed by atoms with Crippen LogP contribution in [0, 0.1) is 0 Å².